The topological polar surface area (TPSA) is 72.1 Å². The van der Waals surface area contributed by atoms with Gasteiger partial charge >= 0.3 is 0 Å². The molecule has 0 fully saturated rings. The van der Waals surface area contributed by atoms with Crippen LogP contribution in [0.2, 0.25) is 0 Å². The molecule has 19 heavy (non-hydrogen) atoms. The molecular formula is C14H16N4O. The Morgan fingerprint density at radius 3 is 2.79 bits per heavy atom. The largest absolute Gasteiger partial charge is 0.384 e. The molecule has 98 valence electrons. The molecular weight excluding hydrogens is 240 g/mol. The number of nitrogens with two attached hydrogens (primary N) is 1. The molecule has 0 aliphatic rings. The minimum Gasteiger partial charge on any atom is -0.384 e. The molecule has 2 aromatic heterocycles. The first-order valence-electron chi connectivity index (χ1n) is 6.07. The summed E-state index contributed by atoms with van der Waals surface area (Å²) in [5.41, 5.74) is 7.04. The van der Waals surface area contributed by atoms with E-state index in [2.05, 4.69) is 9.97 Å². The quantitative estimate of drug-likeness (QED) is 0.910. The number of pyridine rings is 2. The van der Waals surface area contributed by atoms with Crippen LogP contribution >= 0.6 is 0 Å². The predicted octanol–water partition coefficient (Wildman–Crippen LogP) is 1.90. The van der Waals surface area contributed by atoms with Crippen molar-refractivity contribution in [3.63, 3.8) is 0 Å². The summed E-state index contributed by atoms with van der Waals surface area (Å²) in [5, 5.41) is 0. The first kappa shape index (κ1) is 13.0. The molecule has 0 radical (unpaired) electrons. The van der Waals surface area contributed by atoms with Crippen LogP contribution in [-0.2, 0) is 6.42 Å². The summed E-state index contributed by atoms with van der Waals surface area (Å²) in [5.74, 6) is 0.806. The predicted molar refractivity (Wildman–Crippen MR) is 75.0 cm³/mol. The van der Waals surface area contributed by atoms with Gasteiger partial charge in [-0.2, -0.15) is 0 Å². The van der Waals surface area contributed by atoms with Gasteiger partial charge in [0.2, 0.25) is 0 Å². The second-order valence-electron chi connectivity index (χ2n) is 4.18. The van der Waals surface area contributed by atoms with Crippen LogP contribution in [0.4, 0.5) is 11.6 Å². The fourth-order valence-corrected chi connectivity index (χ4v) is 1.77. The maximum atomic E-state index is 12.4. The van der Waals surface area contributed by atoms with Crippen molar-refractivity contribution in [2.45, 2.75) is 13.3 Å². The van der Waals surface area contributed by atoms with Gasteiger partial charge in [0, 0.05) is 24.5 Å². The fourth-order valence-electron chi connectivity index (χ4n) is 1.77. The van der Waals surface area contributed by atoms with Crippen LogP contribution in [0.25, 0.3) is 0 Å². The van der Waals surface area contributed by atoms with E-state index in [1.165, 1.54) is 4.90 Å². The van der Waals surface area contributed by atoms with Crippen molar-refractivity contribution in [3.8, 4) is 0 Å². The van der Waals surface area contributed by atoms with Gasteiger partial charge in [-0.15, -0.1) is 0 Å². The number of hydrogen-bond donors (Lipinski definition) is 1. The van der Waals surface area contributed by atoms with E-state index >= 15 is 0 Å². The highest BCUT2D eigenvalue weighted by Gasteiger charge is 2.15. The van der Waals surface area contributed by atoms with Crippen LogP contribution in [0, 0.1) is 0 Å². The molecule has 0 spiro atoms. The van der Waals surface area contributed by atoms with Crippen LogP contribution in [0.3, 0.4) is 0 Å². The maximum Gasteiger partial charge on any atom is 0.259 e. The van der Waals surface area contributed by atoms with Gasteiger partial charge in [-0.25, -0.2) is 9.97 Å². The van der Waals surface area contributed by atoms with Crippen molar-refractivity contribution in [3.05, 3.63) is 47.8 Å². The number of carbonyl (C=O) groups is 1. The Bertz CT molecular complexity index is 583. The highest BCUT2D eigenvalue weighted by atomic mass is 16.2. The summed E-state index contributed by atoms with van der Waals surface area (Å²) in [7, 11) is 1.69. The molecule has 0 bridgehead atoms. The van der Waals surface area contributed by atoms with Crippen LogP contribution in [0.15, 0.2) is 36.5 Å². The second kappa shape index (κ2) is 5.48. The van der Waals surface area contributed by atoms with Crippen molar-refractivity contribution in [2.24, 2.45) is 0 Å². The highest BCUT2D eigenvalue weighted by Crippen LogP contribution is 2.14. The number of aromatic nitrogens is 2. The van der Waals surface area contributed by atoms with Crippen molar-refractivity contribution in [1.82, 2.24) is 9.97 Å². The maximum absolute atomic E-state index is 12.4. The Labute approximate surface area is 112 Å². The van der Waals surface area contributed by atoms with Crippen LogP contribution < -0.4 is 10.6 Å². The molecule has 0 aliphatic heterocycles. The Balaban J connectivity index is 2.31. The van der Waals surface area contributed by atoms with E-state index in [4.69, 9.17) is 5.73 Å². The third-order valence-corrected chi connectivity index (χ3v) is 2.80. The molecule has 0 aromatic carbocycles. The lowest BCUT2D eigenvalue weighted by molar-refractivity contribution is 0.0992. The third-order valence-electron chi connectivity index (χ3n) is 2.80. The number of nitrogens with zero attached hydrogens (tertiary/aromatic N) is 3. The first-order valence-corrected chi connectivity index (χ1v) is 6.07. The van der Waals surface area contributed by atoms with Gasteiger partial charge in [0.05, 0.1) is 0 Å². The van der Waals surface area contributed by atoms with Gasteiger partial charge in [0.15, 0.2) is 0 Å². The molecule has 2 heterocycles. The van der Waals surface area contributed by atoms with Gasteiger partial charge < -0.3 is 5.73 Å². The summed E-state index contributed by atoms with van der Waals surface area (Å²) in [4.78, 5) is 22.2. The molecule has 0 saturated heterocycles. The van der Waals surface area contributed by atoms with Crippen LogP contribution in [0.5, 0.6) is 0 Å². The summed E-state index contributed by atoms with van der Waals surface area (Å²) in [6.07, 6.45) is 2.39. The summed E-state index contributed by atoms with van der Waals surface area (Å²) in [6, 6.07) is 8.77. The van der Waals surface area contributed by atoms with E-state index < -0.39 is 0 Å². The third kappa shape index (κ3) is 2.88. The summed E-state index contributed by atoms with van der Waals surface area (Å²) in [6.45, 7) is 1.97. The van der Waals surface area contributed by atoms with Crippen LogP contribution in [0.1, 0.15) is 23.0 Å². The molecule has 0 aliphatic carbocycles. The van der Waals surface area contributed by atoms with E-state index in [0.717, 1.165) is 12.1 Å². The van der Waals surface area contributed by atoms with Gasteiger partial charge in [-0.05, 0) is 30.7 Å². The van der Waals surface area contributed by atoms with E-state index in [0.29, 0.717) is 17.2 Å². The van der Waals surface area contributed by atoms with Crippen molar-refractivity contribution in [2.75, 3.05) is 17.7 Å². The molecule has 2 N–H and O–H groups in total. The molecule has 5 nitrogen and oxygen atoms in total. The van der Waals surface area contributed by atoms with Gasteiger partial charge in [0.25, 0.3) is 5.91 Å². The zero-order chi connectivity index (χ0) is 13.8. The smallest absolute Gasteiger partial charge is 0.259 e. The lowest BCUT2D eigenvalue weighted by Gasteiger charge is -2.16. The first-order chi connectivity index (χ1) is 9.11. The standard InChI is InChI=1S/C14H16N4O/c1-3-11-8-10(9-12(15)17-11)14(19)18(2)13-6-4-5-7-16-13/h4-9H,3H2,1-2H3,(H2,15,17). The van der Waals surface area contributed by atoms with E-state index in [1.807, 2.05) is 13.0 Å². The molecule has 2 rings (SSSR count). The average molecular weight is 256 g/mol. The Hall–Kier alpha value is -2.43. The minimum absolute atomic E-state index is 0.150. The number of anilines is 2. The van der Waals surface area contributed by atoms with Crippen molar-refractivity contribution >= 4 is 17.5 Å². The molecule has 2 aromatic rings. The zero-order valence-electron chi connectivity index (χ0n) is 11.0. The minimum atomic E-state index is -0.150. The SMILES string of the molecule is CCc1cc(C(=O)N(C)c2ccccn2)cc(N)n1. The number of amides is 1. The molecule has 5 heteroatoms. The van der Waals surface area contributed by atoms with E-state index in [-0.39, 0.29) is 5.91 Å². The highest BCUT2D eigenvalue weighted by molar-refractivity contribution is 6.05. The fraction of sp³-hybridized carbons (Fsp3) is 0.214. The van der Waals surface area contributed by atoms with Gasteiger partial charge in [-0.3, -0.25) is 9.69 Å². The number of rotatable bonds is 3. The monoisotopic (exact) mass is 256 g/mol. The number of nitrogen functional groups attached to an aromatic ring is 1. The van der Waals surface area contributed by atoms with Gasteiger partial charge in [-0.1, -0.05) is 13.0 Å². The number of hydrogen-bond acceptors (Lipinski definition) is 4. The average Bonchev–Trinajstić information content (AvgIpc) is 2.46. The van der Waals surface area contributed by atoms with Crippen molar-refractivity contribution in [1.29, 1.82) is 0 Å². The molecule has 1 amide bonds. The molecule has 0 saturated carbocycles. The lowest BCUT2D eigenvalue weighted by atomic mass is 10.1. The normalized spacial score (nSPS) is 10.2. The number of carbonyl (C=O) groups excluding carboxylic acids is 1. The van der Waals surface area contributed by atoms with Crippen molar-refractivity contribution < 1.29 is 4.79 Å². The second-order valence-corrected chi connectivity index (χ2v) is 4.18. The summed E-state index contributed by atoms with van der Waals surface area (Å²) < 4.78 is 0. The Morgan fingerprint density at radius 1 is 1.37 bits per heavy atom. The lowest BCUT2D eigenvalue weighted by Crippen LogP contribution is -2.27. The zero-order valence-corrected chi connectivity index (χ0v) is 11.0. The van der Waals surface area contributed by atoms with E-state index in [1.54, 1.807) is 37.5 Å². The Morgan fingerprint density at radius 2 is 2.16 bits per heavy atom. The van der Waals surface area contributed by atoms with Gasteiger partial charge in [0.1, 0.15) is 11.6 Å². The summed E-state index contributed by atoms with van der Waals surface area (Å²) >= 11 is 0. The van der Waals surface area contributed by atoms with E-state index in [9.17, 15) is 4.79 Å². The molecule has 0 atom stereocenters. The number of aryl methyl sites for hydroxylation is 1. The molecule has 0 unspecified atom stereocenters. The van der Waals surface area contributed by atoms with Crippen LogP contribution in [-0.4, -0.2) is 22.9 Å². The Kier molecular flexibility index (Phi) is 3.75.